The summed E-state index contributed by atoms with van der Waals surface area (Å²) in [7, 11) is 0. The molecule has 1 aromatic heterocycles. The fraction of sp³-hybridized carbons (Fsp3) is 0.455. The van der Waals surface area contributed by atoms with E-state index >= 15 is 0 Å². The second-order valence-corrected chi connectivity index (χ2v) is 4.09. The highest BCUT2D eigenvalue weighted by atomic mass is 16.6. The summed E-state index contributed by atoms with van der Waals surface area (Å²) in [4.78, 5) is 24.9. The van der Waals surface area contributed by atoms with Gasteiger partial charge >= 0.3 is 11.7 Å². The molecule has 0 aliphatic rings. The lowest BCUT2D eigenvalue weighted by atomic mass is 10.1. The predicted molar refractivity (Wildman–Crippen MR) is 65.5 cm³/mol. The first kappa shape index (κ1) is 13.9. The summed E-state index contributed by atoms with van der Waals surface area (Å²) in [5, 5.41) is 22.3. The van der Waals surface area contributed by atoms with Crippen LogP contribution in [0.2, 0.25) is 0 Å². The molecule has 18 heavy (non-hydrogen) atoms. The molecule has 0 saturated heterocycles. The number of carboxylic acid groups (broad SMARTS) is 1. The highest BCUT2D eigenvalue weighted by Gasteiger charge is 2.16. The maximum atomic E-state index is 10.8. The standard InChI is InChI=1S/C11H15N3O4/c1-7-5-9(14(17)18)10(13-6-7)12-4-3-8(2)11(15)16/h5-6,8H,3-4H2,1-2H3,(H,12,13)(H,15,16). The van der Waals surface area contributed by atoms with Crippen LogP contribution in [-0.2, 0) is 4.79 Å². The molecule has 1 atom stereocenters. The minimum Gasteiger partial charge on any atom is -0.481 e. The van der Waals surface area contributed by atoms with Crippen molar-refractivity contribution in [3.63, 3.8) is 0 Å². The minimum absolute atomic E-state index is 0.0991. The van der Waals surface area contributed by atoms with Gasteiger partial charge < -0.3 is 10.4 Å². The number of anilines is 1. The average Bonchev–Trinajstić information content (AvgIpc) is 2.30. The van der Waals surface area contributed by atoms with Crippen LogP contribution in [0.15, 0.2) is 12.3 Å². The Morgan fingerprint density at radius 1 is 1.67 bits per heavy atom. The van der Waals surface area contributed by atoms with E-state index in [1.54, 1.807) is 13.8 Å². The zero-order valence-corrected chi connectivity index (χ0v) is 10.2. The summed E-state index contributed by atoms with van der Waals surface area (Å²) in [6, 6.07) is 1.43. The molecule has 1 heterocycles. The number of nitrogens with one attached hydrogen (secondary N) is 1. The molecule has 2 N–H and O–H groups in total. The van der Waals surface area contributed by atoms with Crippen LogP contribution in [0.3, 0.4) is 0 Å². The van der Waals surface area contributed by atoms with Gasteiger partial charge in [-0.25, -0.2) is 4.98 Å². The maximum absolute atomic E-state index is 10.8. The summed E-state index contributed by atoms with van der Waals surface area (Å²) in [6.45, 7) is 3.63. The van der Waals surface area contributed by atoms with Gasteiger partial charge in [0.15, 0.2) is 0 Å². The van der Waals surface area contributed by atoms with E-state index in [1.807, 2.05) is 0 Å². The van der Waals surface area contributed by atoms with E-state index in [4.69, 9.17) is 5.11 Å². The lowest BCUT2D eigenvalue weighted by Crippen LogP contribution is -2.15. The molecule has 1 aromatic rings. The van der Waals surface area contributed by atoms with Crippen molar-refractivity contribution in [2.24, 2.45) is 5.92 Å². The van der Waals surface area contributed by atoms with Gasteiger partial charge in [0, 0.05) is 18.8 Å². The molecule has 0 aromatic carbocycles. The molecule has 0 saturated carbocycles. The molecule has 0 fully saturated rings. The number of aryl methyl sites for hydroxylation is 1. The number of aromatic nitrogens is 1. The molecule has 7 nitrogen and oxygen atoms in total. The topological polar surface area (TPSA) is 105 Å². The minimum atomic E-state index is -0.886. The molecule has 0 amide bonds. The van der Waals surface area contributed by atoms with Gasteiger partial charge in [-0.2, -0.15) is 0 Å². The summed E-state index contributed by atoms with van der Waals surface area (Å²) < 4.78 is 0. The van der Waals surface area contributed by atoms with E-state index < -0.39 is 16.8 Å². The molecular formula is C11H15N3O4. The van der Waals surface area contributed by atoms with Crippen molar-refractivity contribution < 1.29 is 14.8 Å². The Kier molecular flexibility index (Phi) is 4.59. The third-order valence-electron chi connectivity index (χ3n) is 2.49. The summed E-state index contributed by atoms with van der Waals surface area (Å²) >= 11 is 0. The average molecular weight is 253 g/mol. The number of rotatable bonds is 6. The molecule has 0 bridgehead atoms. The Morgan fingerprint density at radius 2 is 2.33 bits per heavy atom. The lowest BCUT2D eigenvalue weighted by molar-refractivity contribution is -0.384. The Labute approximate surface area is 104 Å². The number of nitro groups is 1. The highest BCUT2D eigenvalue weighted by molar-refractivity contribution is 5.69. The summed E-state index contributed by atoms with van der Waals surface area (Å²) in [5.41, 5.74) is 0.601. The van der Waals surface area contributed by atoms with Crippen LogP contribution in [0.5, 0.6) is 0 Å². The van der Waals surface area contributed by atoms with Crippen LogP contribution < -0.4 is 5.32 Å². The van der Waals surface area contributed by atoms with E-state index in [9.17, 15) is 14.9 Å². The molecule has 1 unspecified atom stereocenters. The van der Waals surface area contributed by atoms with E-state index in [2.05, 4.69) is 10.3 Å². The van der Waals surface area contributed by atoms with Gasteiger partial charge in [0.05, 0.1) is 10.8 Å². The van der Waals surface area contributed by atoms with Crippen molar-refractivity contribution in [1.82, 2.24) is 4.98 Å². The second kappa shape index (κ2) is 5.95. The van der Waals surface area contributed by atoms with Crippen molar-refractivity contribution >= 4 is 17.5 Å². The van der Waals surface area contributed by atoms with Crippen molar-refractivity contribution in [2.45, 2.75) is 20.3 Å². The number of hydrogen-bond acceptors (Lipinski definition) is 5. The molecule has 7 heteroatoms. The van der Waals surface area contributed by atoms with Gasteiger partial charge in [0.2, 0.25) is 5.82 Å². The first-order valence-electron chi connectivity index (χ1n) is 5.49. The van der Waals surface area contributed by atoms with Gasteiger partial charge in [-0.05, 0) is 18.9 Å². The normalized spacial score (nSPS) is 11.9. The number of nitrogens with zero attached hydrogens (tertiary/aromatic N) is 2. The molecule has 0 radical (unpaired) electrons. The number of carboxylic acids is 1. The van der Waals surface area contributed by atoms with Crippen molar-refractivity contribution in [1.29, 1.82) is 0 Å². The van der Waals surface area contributed by atoms with Crippen molar-refractivity contribution in [3.8, 4) is 0 Å². The fourth-order valence-electron chi connectivity index (χ4n) is 1.36. The zero-order valence-electron chi connectivity index (χ0n) is 10.2. The predicted octanol–water partition coefficient (Wildman–Crippen LogP) is 1.82. The van der Waals surface area contributed by atoms with E-state index in [0.717, 1.165) is 0 Å². The van der Waals surface area contributed by atoms with Gasteiger partial charge in [-0.15, -0.1) is 0 Å². The zero-order chi connectivity index (χ0) is 13.7. The van der Waals surface area contributed by atoms with Crippen LogP contribution in [0.1, 0.15) is 18.9 Å². The third kappa shape index (κ3) is 3.69. The first-order chi connectivity index (χ1) is 8.41. The second-order valence-electron chi connectivity index (χ2n) is 4.09. The number of carbonyl (C=O) groups is 1. The number of aliphatic carboxylic acids is 1. The van der Waals surface area contributed by atoms with Gasteiger partial charge in [0.1, 0.15) is 0 Å². The van der Waals surface area contributed by atoms with Crippen LogP contribution in [0, 0.1) is 23.0 Å². The van der Waals surface area contributed by atoms with Gasteiger partial charge in [-0.1, -0.05) is 6.92 Å². The van der Waals surface area contributed by atoms with Crippen LogP contribution in [0.25, 0.3) is 0 Å². The fourth-order valence-corrected chi connectivity index (χ4v) is 1.36. The van der Waals surface area contributed by atoms with Crippen LogP contribution >= 0.6 is 0 Å². The van der Waals surface area contributed by atoms with Crippen molar-refractivity contribution in [3.05, 3.63) is 27.9 Å². The summed E-state index contributed by atoms with van der Waals surface area (Å²) in [6.07, 6.45) is 1.90. The maximum Gasteiger partial charge on any atom is 0.311 e. The van der Waals surface area contributed by atoms with Gasteiger partial charge in [-0.3, -0.25) is 14.9 Å². The smallest absolute Gasteiger partial charge is 0.311 e. The van der Waals surface area contributed by atoms with Gasteiger partial charge in [0.25, 0.3) is 0 Å². The molecular weight excluding hydrogens is 238 g/mol. The lowest BCUT2D eigenvalue weighted by Gasteiger charge is -2.08. The molecule has 0 aliphatic heterocycles. The SMILES string of the molecule is Cc1cnc(NCCC(C)C(=O)O)c([N+](=O)[O-])c1. The Bertz CT molecular complexity index is 462. The number of pyridine rings is 1. The first-order valence-corrected chi connectivity index (χ1v) is 5.49. The van der Waals surface area contributed by atoms with E-state index in [-0.39, 0.29) is 11.5 Å². The molecule has 0 spiro atoms. The van der Waals surface area contributed by atoms with E-state index in [1.165, 1.54) is 12.3 Å². The van der Waals surface area contributed by atoms with Crippen molar-refractivity contribution in [2.75, 3.05) is 11.9 Å². The molecule has 0 aliphatic carbocycles. The molecule has 98 valence electrons. The van der Waals surface area contributed by atoms with E-state index in [0.29, 0.717) is 18.5 Å². The Hall–Kier alpha value is -2.18. The third-order valence-corrected chi connectivity index (χ3v) is 2.49. The highest BCUT2D eigenvalue weighted by Crippen LogP contribution is 2.22. The molecule has 1 rings (SSSR count). The Balaban J connectivity index is 2.67. The quantitative estimate of drug-likeness (QED) is 0.591. The Morgan fingerprint density at radius 3 is 2.89 bits per heavy atom. The summed E-state index contributed by atoms with van der Waals surface area (Å²) in [5.74, 6) is -1.21. The number of hydrogen-bond donors (Lipinski definition) is 2. The largest absolute Gasteiger partial charge is 0.481 e. The van der Waals surface area contributed by atoms with Crippen LogP contribution in [0.4, 0.5) is 11.5 Å². The monoisotopic (exact) mass is 253 g/mol. The van der Waals surface area contributed by atoms with Crippen LogP contribution in [-0.4, -0.2) is 27.5 Å².